The van der Waals surface area contributed by atoms with Gasteiger partial charge in [-0.25, -0.2) is 4.98 Å². The molecule has 0 radical (unpaired) electrons. The van der Waals surface area contributed by atoms with Gasteiger partial charge in [0.25, 0.3) is 0 Å². The number of piperazine rings is 1. The lowest BCUT2D eigenvalue weighted by Gasteiger charge is -2.38. The summed E-state index contributed by atoms with van der Waals surface area (Å²) < 4.78 is 1.02. The summed E-state index contributed by atoms with van der Waals surface area (Å²) in [6.07, 6.45) is 1.84. The first-order chi connectivity index (χ1) is 11.6. The second-order valence-corrected chi connectivity index (χ2v) is 6.88. The van der Waals surface area contributed by atoms with Gasteiger partial charge in [-0.3, -0.25) is 9.69 Å². The second kappa shape index (κ2) is 7.32. The topological polar surface area (TPSA) is 62.5 Å². The van der Waals surface area contributed by atoms with Crippen LogP contribution in [0.15, 0.2) is 47.1 Å². The maximum Gasteiger partial charge on any atom is 0.239 e. The number of amides is 1. The Morgan fingerprint density at radius 2 is 1.88 bits per heavy atom. The van der Waals surface area contributed by atoms with Crippen LogP contribution in [0.2, 0.25) is 0 Å². The van der Waals surface area contributed by atoms with E-state index in [9.17, 15) is 4.79 Å². The van der Waals surface area contributed by atoms with E-state index in [0.717, 1.165) is 42.0 Å². The predicted molar refractivity (Wildman–Crippen MR) is 98.8 cm³/mol. The molecule has 2 heterocycles. The number of benzene rings is 1. The van der Waals surface area contributed by atoms with Crippen LogP contribution in [0, 0.1) is 6.92 Å². The molecular weight excluding hydrogens is 368 g/mol. The fourth-order valence-corrected chi connectivity index (χ4v) is 3.31. The Morgan fingerprint density at radius 1 is 1.21 bits per heavy atom. The molecule has 126 valence electrons. The van der Waals surface area contributed by atoms with Crippen molar-refractivity contribution in [3.63, 3.8) is 0 Å². The lowest BCUT2D eigenvalue weighted by molar-refractivity contribution is -0.123. The molecule has 0 saturated carbocycles. The molecule has 1 aliphatic rings. The lowest BCUT2D eigenvalue weighted by atomic mass is 10.0. The molecule has 1 saturated heterocycles. The normalized spacial score (nSPS) is 16.8. The Balaban J connectivity index is 1.71. The average molecular weight is 389 g/mol. The monoisotopic (exact) mass is 388 g/mol. The fourth-order valence-electron chi connectivity index (χ4n) is 3.10. The first-order valence-electron chi connectivity index (χ1n) is 8.01. The van der Waals surface area contributed by atoms with Crippen molar-refractivity contribution in [3.05, 3.63) is 58.2 Å². The molecule has 24 heavy (non-hydrogen) atoms. The van der Waals surface area contributed by atoms with Gasteiger partial charge in [-0.15, -0.1) is 0 Å². The number of nitrogens with two attached hydrogens (primary N) is 1. The minimum Gasteiger partial charge on any atom is -0.368 e. The van der Waals surface area contributed by atoms with Gasteiger partial charge in [0.05, 0.1) is 0 Å². The van der Waals surface area contributed by atoms with Gasteiger partial charge in [0.1, 0.15) is 11.9 Å². The summed E-state index contributed by atoms with van der Waals surface area (Å²) in [5.41, 5.74) is 7.79. The number of carbonyl (C=O) groups is 1. The summed E-state index contributed by atoms with van der Waals surface area (Å²) >= 11 is 3.48. The first-order valence-corrected chi connectivity index (χ1v) is 8.81. The molecule has 0 aliphatic carbocycles. The van der Waals surface area contributed by atoms with Crippen molar-refractivity contribution < 1.29 is 4.79 Å². The van der Waals surface area contributed by atoms with Crippen molar-refractivity contribution in [2.75, 3.05) is 31.1 Å². The number of anilines is 1. The maximum absolute atomic E-state index is 12.0. The van der Waals surface area contributed by atoms with Gasteiger partial charge in [0, 0.05) is 36.8 Å². The van der Waals surface area contributed by atoms with E-state index < -0.39 is 0 Å². The lowest BCUT2D eigenvalue weighted by Crippen LogP contribution is -2.50. The summed E-state index contributed by atoms with van der Waals surface area (Å²) in [5, 5.41) is 0. The summed E-state index contributed by atoms with van der Waals surface area (Å²) in [5.74, 6) is 0.679. The van der Waals surface area contributed by atoms with Crippen LogP contribution in [0.4, 0.5) is 5.82 Å². The molecule has 2 N–H and O–H groups in total. The third-order valence-electron chi connectivity index (χ3n) is 4.42. The zero-order valence-corrected chi connectivity index (χ0v) is 15.2. The number of aromatic nitrogens is 1. The van der Waals surface area contributed by atoms with Crippen LogP contribution in [-0.4, -0.2) is 42.0 Å². The highest BCUT2D eigenvalue weighted by Crippen LogP contribution is 2.25. The number of primary amides is 1. The van der Waals surface area contributed by atoms with Gasteiger partial charge in [-0.1, -0.05) is 30.3 Å². The number of hydrogen-bond acceptors (Lipinski definition) is 4. The number of nitrogens with zero attached hydrogens (tertiary/aromatic N) is 3. The zero-order chi connectivity index (χ0) is 17.1. The molecule has 1 fully saturated rings. The van der Waals surface area contributed by atoms with Gasteiger partial charge >= 0.3 is 0 Å². The molecule has 1 amide bonds. The zero-order valence-electron chi connectivity index (χ0n) is 13.7. The Kier molecular flexibility index (Phi) is 5.16. The number of hydrogen-bond donors (Lipinski definition) is 1. The van der Waals surface area contributed by atoms with Crippen molar-refractivity contribution in [1.29, 1.82) is 0 Å². The SMILES string of the molecule is Cc1cc(N2CCN([C@H](C(N)=O)c3ccccc3)CC2)ncc1Br. The summed E-state index contributed by atoms with van der Waals surface area (Å²) in [7, 11) is 0. The number of rotatable bonds is 4. The van der Waals surface area contributed by atoms with Crippen molar-refractivity contribution in [1.82, 2.24) is 9.88 Å². The minimum atomic E-state index is -0.368. The van der Waals surface area contributed by atoms with Crippen LogP contribution in [-0.2, 0) is 4.79 Å². The molecule has 5 nitrogen and oxygen atoms in total. The van der Waals surface area contributed by atoms with Crippen LogP contribution in [0.5, 0.6) is 0 Å². The molecular formula is C18H21BrN4O. The first kappa shape index (κ1) is 16.9. The molecule has 2 aromatic rings. The van der Waals surface area contributed by atoms with Crippen LogP contribution >= 0.6 is 15.9 Å². The highest BCUT2D eigenvalue weighted by molar-refractivity contribution is 9.10. The Morgan fingerprint density at radius 3 is 2.46 bits per heavy atom. The highest BCUT2D eigenvalue weighted by Gasteiger charge is 2.29. The van der Waals surface area contributed by atoms with Crippen LogP contribution in [0.3, 0.4) is 0 Å². The highest BCUT2D eigenvalue weighted by atomic mass is 79.9. The number of carbonyl (C=O) groups excluding carboxylic acids is 1. The Hall–Kier alpha value is -1.92. The van der Waals surface area contributed by atoms with Crippen LogP contribution < -0.4 is 10.6 Å². The minimum absolute atomic E-state index is 0.299. The second-order valence-electron chi connectivity index (χ2n) is 6.03. The van der Waals surface area contributed by atoms with Crippen molar-refractivity contribution in [2.24, 2.45) is 5.73 Å². The van der Waals surface area contributed by atoms with E-state index in [-0.39, 0.29) is 11.9 Å². The average Bonchev–Trinajstić information content (AvgIpc) is 2.59. The van der Waals surface area contributed by atoms with E-state index in [1.165, 1.54) is 5.56 Å². The van der Waals surface area contributed by atoms with Crippen molar-refractivity contribution in [2.45, 2.75) is 13.0 Å². The summed E-state index contributed by atoms with van der Waals surface area (Å²) in [4.78, 5) is 20.9. The number of halogens is 1. The Bertz CT molecular complexity index is 714. The third kappa shape index (κ3) is 3.60. The van der Waals surface area contributed by atoms with Gasteiger partial charge in [0.2, 0.25) is 5.91 Å². The van der Waals surface area contributed by atoms with Crippen molar-refractivity contribution >= 4 is 27.7 Å². The van der Waals surface area contributed by atoms with E-state index in [1.807, 2.05) is 36.5 Å². The quantitative estimate of drug-likeness (QED) is 0.873. The van der Waals surface area contributed by atoms with Gasteiger partial charge in [-0.05, 0) is 40.0 Å². The molecule has 1 aliphatic heterocycles. The van der Waals surface area contributed by atoms with Gasteiger partial charge in [-0.2, -0.15) is 0 Å². The van der Waals surface area contributed by atoms with E-state index in [2.05, 4.69) is 43.7 Å². The number of pyridine rings is 1. The van der Waals surface area contributed by atoms with Gasteiger partial charge < -0.3 is 10.6 Å². The molecule has 0 unspecified atom stereocenters. The Labute approximate surface area is 150 Å². The molecule has 0 spiro atoms. The number of aryl methyl sites for hydroxylation is 1. The van der Waals surface area contributed by atoms with Crippen LogP contribution in [0.1, 0.15) is 17.2 Å². The molecule has 0 bridgehead atoms. The van der Waals surface area contributed by atoms with E-state index in [4.69, 9.17) is 5.73 Å². The molecule has 6 heteroatoms. The molecule has 1 aromatic carbocycles. The van der Waals surface area contributed by atoms with E-state index >= 15 is 0 Å². The third-order valence-corrected chi connectivity index (χ3v) is 5.25. The largest absolute Gasteiger partial charge is 0.368 e. The van der Waals surface area contributed by atoms with Crippen molar-refractivity contribution in [3.8, 4) is 0 Å². The van der Waals surface area contributed by atoms with E-state index in [1.54, 1.807) is 0 Å². The van der Waals surface area contributed by atoms with Gasteiger partial charge in [0.15, 0.2) is 0 Å². The summed E-state index contributed by atoms with van der Waals surface area (Å²) in [6.45, 7) is 5.26. The van der Waals surface area contributed by atoms with Crippen LogP contribution in [0.25, 0.3) is 0 Å². The van der Waals surface area contributed by atoms with E-state index in [0.29, 0.717) is 0 Å². The predicted octanol–water partition coefficient (Wildman–Crippen LogP) is 2.50. The molecule has 3 rings (SSSR count). The smallest absolute Gasteiger partial charge is 0.239 e. The fraction of sp³-hybridized carbons (Fsp3) is 0.333. The molecule has 1 aromatic heterocycles. The summed E-state index contributed by atoms with van der Waals surface area (Å²) in [6, 6.07) is 11.5. The standard InChI is InChI=1S/C18H21BrN4O/c1-13-11-16(21-12-15(13)19)22-7-9-23(10-8-22)17(18(20)24)14-5-3-2-4-6-14/h2-6,11-12,17H,7-10H2,1H3,(H2,20,24)/t17-/m0/s1. The maximum atomic E-state index is 12.0. The molecule has 1 atom stereocenters.